The third-order valence-corrected chi connectivity index (χ3v) is 6.18. The fourth-order valence-corrected chi connectivity index (χ4v) is 3.91. The third-order valence-electron chi connectivity index (χ3n) is 6.18. The highest BCUT2D eigenvalue weighted by molar-refractivity contribution is 5.94. The van der Waals surface area contributed by atoms with Gasteiger partial charge in [-0.15, -0.1) is 0 Å². The molecule has 11 N–H and O–H groups in total. The smallest absolute Gasteiger partial charge is 0.326 e. The Morgan fingerprint density at radius 1 is 0.854 bits per heavy atom. The van der Waals surface area contributed by atoms with Gasteiger partial charge in [0.25, 0.3) is 0 Å². The number of hydrogen-bond acceptors (Lipinski definition) is 9. The maximum Gasteiger partial charge on any atom is 0.326 e. The Morgan fingerprint density at radius 3 is 2.07 bits per heavy atom. The number of carboxylic acids is 2. The number of nitrogens with two attached hydrogens (primary N) is 2. The van der Waals surface area contributed by atoms with Crippen molar-refractivity contribution in [1.82, 2.24) is 25.9 Å². The summed E-state index contributed by atoms with van der Waals surface area (Å²) in [5, 5.41) is 35.4. The van der Waals surface area contributed by atoms with Gasteiger partial charge in [0.15, 0.2) is 0 Å². The molecule has 15 nitrogen and oxygen atoms in total. The van der Waals surface area contributed by atoms with Gasteiger partial charge in [-0.3, -0.25) is 19.2 Å². The van der Waals surface area contributed by atoms with E-state index in [4.69, 9.17) is 16.6 Å². The number of aromatic amines is 1. The largest absolute Gasteiger partial charge is 0.508 e. The molecule has 1 aromatic carbocycles. The lowest BCUT2D eigenvalue weighted by Crippen LogP contribution is -2.57. The molecule has 4 unspecified atom stereocenters. The normalized spacial score (nSPS) is 13.8. The fourth-order valence-electron chi connectivity index (χ4n) is 3.91. The first-order chi connectivity index (χ1) is 19.5. The number of aromatic hydroxyl groups is 1. The molecule has 0 saturated carbocycles. The molecule has 0 fully saturated rings. The standard InChI is InChI=1S/C26H37N7O8/c27-10-2-1-3-19(24(38)32-20(26(40)41)8-9-22(35)36)31-25(39)21(11-15-4-6-17(34)7-5-15)33-23(37)18(28)12-16-13-29-14-30-16/h4-7,13-14,18-21,34H,1-3,8-12,27-28H2,(H,29,30)(H,31,39)(H,32,38)(H,33,37)(H,35,36)(H,40,41). The topological polar surface area (TPSA) is 263 Å². The summed E-state index contributed by atoms with van der Waals surface area (Å²) in [4.78, 5) is 68.6. The summed E-state index contributed by atoms with van der Waals surface area (Å²) in [6, 6.07) is 1.07. The molecular weight excluding hydrogens is 538 g/mol. The van der Waals surface area contributed by atoms with Crippen LogP contribution in [-0.4, -0.2) is 85.7 Å². The first-order valence-electron chi connectivity index (χ1n) is 13.1. The quantitative estimate of drug-likeness (QED) is 0.0949. The van der Waals surface area contributed by atoms with Crippen LogP contribution < -0.4 is 27.4 Å². The SMILES string of the molecule is NCCCCC(NC(=O)C(Cc1ccc(O)cc1)NC(=O)C(N)Cc1cnc[nH]1)C(=O)NC(CCC(=O)O)C(=O)O. The van der Waals surface area contributed by atoms with Crippen molar-refractivity contribution in [2.24, 2.45) is 11.5 Å². The van der Waals surface area contributed by atoms with Gasteiger partial charge in [0, 0.05) is 31.2 Å². The molecule has 224 valence electrons. The summed E-state index contributed by atoms with van der Waals surface area (Å²) < 4.78 is 0. The van der Waals surface area contributed by atoms with E-state index in [1.165, 1.54) is 24.7 Å². The number of carboxylic acid groups (broad SMARTS) is 2. The number of phenols is 1. The van der Waals surface area contributed by atoms with E-state index in [9.17, 15) is 34.2 Å². The van der Waals surface area contributed by atoms with Crippen molar-refractivity contribution in [2.75, 3.05) is 6.54 Å². The van der Waals surface area contributed by atoms with Crippen molar-refractivity contribution in [3.8, 4) is 5.75 Å². The lowest BCUT2D eigenvalue weighted by molar-refractivity contribution is -0.143. The highest BCUT2D eigenvalue weighted by Gasteiger charge is 2.30. The van der Waals surface area contributed by atoms with Crippen molar-refractivity contribution in [1.29, 1.82) is 0 Å². The lowest BCUT2D eigenvalue weighted by Gasteiger charge is -2.25. The van der Waals surface area contributed by atoms with E-state index in [2.05, 4.69) is 25.9 Å². The minimum Gasteiger partial charge on any atom is -0.508 e. The Labute approximate surface area is 236 Å². The van der Waals surface area contributed by atoms with Gasteiger partial charge < -0.3 is 47.7 Å². The lowest BCUT2D eigenvalue weighted by atomic mass is 10.0. The molecule has 0 aliphatic carbocycles. The van der Waals surface area contributed by atoms with E-state index in [1.54, 1.807) is 12.1 Å². The Hall–Kier alpha value is -4.50. The van der Waals surface area contributed by atoms with Gasteiger partial charge in [0.2, 0.25) is 17.7 Å². The Kier molecular flexibility index (Phi) is 13.2. The number of amides is 3. The maximum atomic E-state index is 13.4. The molecular formula is C26H37N7O8. The molecule has 4 atom stereocenters. The predicted molar refractivity (Wildman–Crippen MR) is 145 cm³/mol. The van der Waals surface area contributed by atoms with E-state index in [0.717, 1.165) is 0 Å². The summed E-state index contributed by atoms with van der Waals surface area (Å²) in [5.41, 5.74) is 12.8. The number of carbonyl (C=O) groups excluding carboxylic acids is 3. The molecule has 0 bridgehead atoms. The zero-order valence-corrected chi connectivity index (χ0v) is 22.4. The van der Waals surface area contributed by atoms with Crippen LogP contribution in [0, 0.1) is 0 Å². The van der Waals surface area contributed by atoms with Crippen LogP contribution in [0.4, 0.5) is 0 Å². The van der Waals surface area contributed by atoms with Crippen LogP contribution in [0.15, 0.2) is 36.8 Å². The van der Waals surface area contributed by atoms with Gasteiger partial charge in [0.1, 0.15) is 23.9 Å². The molecule has 3 amide bonds. The molecule has 0 aliphatic heterocycles. The minimum atomic E-state index is -1.49. The number of imidazole rings is 1. The van der Waals surface area contributed by atoms with Crippen LogP contribution in [0.1, 0.15) is 43.4 Å². The fraction of sp³-hybridized carbons (Fsp3) is 0.462. The van der Waals surface area contributed by atoms with Gasteiger partial charge in [0.05, 0.1) is 12.4 Å². The summed E-state index contributed by atoms with van der Waals surface area (Å²) in [5.74, 6) is -4.83. The van der Waals surface area contributed by atoms with Crippen molar-refractivity contribution in [3.05, 3.63) is 48.0 Å². The second-order valence-corrected chi connectivity index (χ2v) is 9.50. The molecule has 41 heavy (non-hydrogen) atoms. The highest BCUT2D eigenvalue weighted by Crippen LogP contribution is 2.13. The maximum absolute atomic E-state index is 13.4. The van der Waals surface area contributed by atoms with Crippen LogP contribution in [-0.2, 0) is 36.8 Å². The number of nitrogens with zero attached hydrogens (tertiary/aromatic N) is 1. The van der Waals surface area contributed by atoms with E-state index in [1.807, 2.05) is 0 Å². The zero-order valence-electron chi connectivity index (χ0n) is 22.4. The van der Waals surface area contributed by atoms with E-state index in [-0.39, 0.29) is 31.4 Å². The number of unbranched alkanes of at least 4 members (excludes halogenated alkanes) is 1. The number of hydrogen-bond donors (Lipinski definition) is 9. The molecule has 0 aliphatic rings. The van der Waals surface area contributed by atoms with Crippen molar-refractivity contribution < 1.29 is 39.3 Å². The first-order valence-corrected chi connectivity index (χ1v) is 13.1. The van der Waals surface area contributed by atoms with Crippen molar-refractivity contribution in [2.45, 2.75) is 69.1 Å². The molecule has 1 aromatic heterocycles. The van der Waals surface area contributed by atoms with Crippen molar-refractivity contribution in [3.63, 3.8) is 0 Å². The second-order valence-electron chi connectivity index (χ2n) is 9.50. The minimum absolute atomic E-state index is 0.00730. The summed E-state index contributed by atoms with van der Waals surface area (Å²) in [7, 11) is 0. The number of nitrogens with one attached hydrogen (secondary N) is 4. The second kappa shape index (κ2) is 16.6. The van der Waals surface area contributed by atoms with Gasteiger partial charge in [-0.25, -0.2) is 9.78 Å². The molecule has 0 saturated heterocycles. The van der Waals surface area contributed by atoms with Crippen LogP contribution in [0.3, 0.4) is 0 Å². The van der Waals surface area contributed by atoms with Crippen molar-refractivity contribution >= 4 is 29.7 Å². The number of aromatic nitrogens is 2. The van der Waals surface area contributed by atoms with E-state index in [0.29, 0.717) is 30.6 Å². The number of aliphatic carboxylic acids is 2. The molecule has 0 radical (unpaired) electrons. The molecule has 15 heteroatoms. The van der Waals surface area contributed by atoms with E-state index < -0.39 is 60.2 Å². The number of phenolic OH excluding ortho intramolecular Hbond substituents is 1. The summed E-state index contributed by atoms with van der Waals surface area (Å²) >= 11 is 0. The zero-order chi connectivity index (χ0) is 30.4. The van der Waals surface area contributed by atoms with Gasteiger partial charge in [-0.1, -0.05) is 12.1 Å². The first kappa shape index (κ1) is 32.7. The third kappa shape index (κ3) is 11.6. The predicted octanol–water partition coefficient (Wildman–Crippen LogP) is -1.24. The molecule has 1 heterocycles. The average molecular weight is 576 g/mol. The summed E-state index contributed by atoms with van der Waals surface area (Å²) in [6.45, 7) is 0.326. The van der Waals surface area contributed by atoms with Crippen LogP contribution in [0.5, 0.6) is 5.75 Å². The van der Waals surface area contributed by atoms with E-state index >= 15 is 0 Å². The van der Waals surface area contributed by atoms with Crippen LogP contribution >= 0.6 is 0 Å². The Morgan fingerprint density at radius 2 is 1.49 bits per heavy atom. The number of H-pyrrole nitrogens is 1. The van der Waals surface area contributed by atoms with Gasteiger partial charge in [-0.05, 0) is 49.9 Å². The van der Waals surface area contributed by atoms with Gasteiger partial charge in [-0.2, -0.15) is 0 Å². The summed E-state index contributed by atoms with van der Waals surface area (Å²) in [6.07, 6.45) is 3.28. The van der Waals surface area contributed by atoms with Crippen LogP contribution in [0.2, 0.25) is 0 Å². The number of carbonyl (C=O) groups is 5. The Bertz CT molecular complexity index is 1160. The molecule has 0 spiro atoms. The van der Waals surface area contributed by atoms with Crippen LogP contribution in [0.25, 0.3) is 0 Å². The highest BCUT2D eigenvalue weighted by atomic mass is 16.4. The number of rotatable bonds is 18. The van der Waals surface area contributed by atoms with Gasteiger partial charge >= 0.3 is 11.9 Å². The molecule has 2 aromatic rings. The average Bonchev–Trinajstić information content (AvgIpc) is 3.43. The Balaban J connectivity index is 2.22. The molecule has 2 rings (SSSR count). The monoisotopic (exact) mass is 575 g/mol. The number of benzene rings is 1.